The van der Waals surface area contributed by atoms with E-state index in [0.717, 1.165) is 21.7 Å². The summed E-state index contributed by atoms with van der Waals surface area (Å²) in [7, 11) is 2.07. The Morgan fingerprint density at radius 2 is 1.24 bits per heavy atom. The van der Waals surface area contributed by atoms with Crippen molar-refractivity contribution in [1.29, 1.82) is 0 Å². The predicted octanol–water partition coefficient (Wildman–Crippen LogP) is 10.9. The van der Waals surface area contributed by atoms with Gasteiger partial charge in [-0.3, -0.25) is 0 Å². The van der Waals surface area contributed by atoms with E-state index in [0.29, 0.717) is 0 Å². The second-order valence-electron chi connectivity index (χ2n) is 8.34. The number of rotatable bonds is 7. The van der Waals surface area contributed by atoms with E-state index in [4.69, 9.17) is 0 Å². The van der Waals surface area contributed by atoms with Crippen molar-refractivity contribution in [3.05, 3.63) is 145 Å². The third-order valence-corrected chi connectivity index (χ3v) is 6.42. The Bertz CT molecular complexity index is 1130. The van der Waals surface area contributed by atoms with E-state index in [1.54, 1.807) is 23.9 Å². The zero-order valence-corrected chi connectivity index (χ0v) is 24.6. The van der Waals surface area contributed by atoms with Crippen LogP contribution in [-0.4, -0.2) is 11.9 Å². The van der Waals surface area contributed by atoms with Gasteiger partial charge >= 0.3 is 0 Å². The fraction of sp³-hybridized carbons (Fsp3) is 0.235. The average Bonchev–Trinajstić information content (AvgIpc) is 2.89. The first kappa shape index (κ1) is 33.7. The summed E-state index contributed by atoms with van der Waals surface area (Å²) < 4.78 is 13.3. The van der Waals surface area contributed by atoms with Crippen molar-refractivity contribution < 1.29 is 4.39 Å². The zero-order chi connectivity index (χ0) is 28.5. The molecule has 0 spiro atoms. The highest BCUT2D eigenvalue weighted by molar-refractivity contribution is 8.08. The summed E-state index contributed by atoms with van der Waals surface area (Å²) in [4.78, 5) is 3.09. The molecule has 3 aromatic rings. The SMILES string of the molecule is C=C.C=C(C)C.C=C(SC(c1ccccc1C)N(C)C(=C)c1ccccc1C)c1ccc(F)cc1.CC. The first-order valence-electron chi connectivity index (χ1n) is 12.4. The minimum Gasteiger partial charge on any atom is -0.358 e. The molecule has 3 heteroatoms. The number of nitrogens with zero attached hydrogens (tertiary/aromatic N) is 1. The molecule has 0 aliphatic heterocycles. The van der Waals surface area contributed by atoms with Gasteiger partial charge in [-0.05, 0) is 62.1 Å². The van der Waals surface area contributed by atoms with Crippen LogP contribution in [0.15, 0.2) is 111 Å². The monoisotopic (exact) mass is 517 g/mol. The normalized spacial score (nSPS) is 10.2. The lowest BCUT2D eigenvalue weighted by atomic mass is 10.0. The fourth-order valence-electron chi connectivity index (χ4n) is 3.28. The molecule has 0 aliphatic carbocycles. The number of hydrogen-bond donors (Lipinski definition) is 0. The summed E-state index contributed by atoms with van der Waals surface area (Å²) in [6.07, 6.45) is 0. The van der Waals surface area contributed by atoms with E-state index in [1.807, 2.05) is 45.9 Å². The van der Waals surface area contributed by atoms with Crippen LogP contribution in [0, 0.1) is 19.7 Å². The molecule has 0 radical (unpaired) electrons. The summed E-state index contributed by atoms with van der Waals surface area (Å²) in [6, 6.07) is 23.1. The van der Waals surface area contributed by atoms with Crippen molar-refractivity contribution in [2.24, 2.45) is 0 Å². The van der Waals surface area contributed by atoms with Gasteiger partial charge in [0.05, 0.1) is 0 Å². The van der Waals surface area contributed by atoms with Crippen molar-refractivity contribution >= 4 is 22.4 Å². The molecule has 1 nitrogen and oxygen atoms in total. The van der Waals surface area contributed by atoms with Gasteiger partial charge in [0.2, 0.25) is 0 Å². The molecule has 0 fully saturated rings. The van der Waals surface area contributed by atoms with Gasteiger partial charge in [0.1, 0.15) is 11.2 Å². The van der Waals surface area contributed by atoms with Gasteiger partial charge in [-0.2, -0.15) is 0 Å². The molecule has 0 heterocycles. The third-order valence-electron chi connectivity index (χ3n) is 5.11. The predicted molar refractivity (Wildman–Crippen MR) is 168 cm³/mol. The molecule has 0 aromatic heterocycles. The van der Waals surface area contributed by atoms with Crippen LogP contribution in [-0.2, 0) is 0 Å². The lowest BCUT2D eigenvalue weighted by Gasteiger charge is -2.33. The van der Waals surface area contributed by atoms with Gasteiger partial charge in [-0.1, -0.05) is 105 Å². The maximum Gasteiger partial charge on any atom is 0.123 e. The van der Waals surface area contributed by atoms with Gasteiger partial charge in [-0.15, -0.1) is 19.7 Å². The van der Waals surface area contributed by atoms with Gasteiger partial charge in [0.15, 0.2) is 0 Å². The number of allylic oxidation sites excluding steroid dienone is 1. The molecule has 198 valence electrons. The van der Waals surface area contributed by atoms with Crippen LogP contribution >= 0.6 is 11.8 Å². The second-order valence-corrected chi connectivity index (χ2v) is 9.51. The highest BCUT2D eigenvalue weighted by Gasteiger charge is 2.23. The highest BCUT2D eigenvalue weighted by atomic mass is 32.2. The summed E-state index contributed by atoms with van der Waals surface area (Å²) in [5.41, 5.74) is 7.77. The number of hydrogen-bond acceptors (Lipinski definition) is 2. The Hall–Kier alpha value is -3.30. The van der Waals surface area contributed by atoms with Crippen LogP contribution in [0.3, 0.4) is 0 Å². The Labute approximate surface area is 230 Å². The molecule has 0 amide bonds. The van der Waals surface area contributed by atoms with Crippen LogP contribution in [0.5, 0.6) is 0 Å². The number of aryl methyl sites for hydroxylation is 2. The van der Waals surface area contributed by atoms with Crippen molar-refractivity contribution in [3.63, 3.8) is 0 Å². The lowest BCUT2D eigenvalue weighted by molar-refractivity contribution is 0.463. The Morgan fingerprint density at radius 3 is 1.73 bits per heavy atom. The van der Waals surface area contributed by atoms with Gasteiger partial charge < -0.3 is 4.90 Å². The molecular weight excluding hydrogens is 473 g/mol. The maximum atomic E-state index is 13.3. The second kappa shape index (κ2) is 18.0. The minimum atomic E-state index is -0.243. The van der Waals surface area contributed by atoms with E-state index in [1.165, 1.54) is 34.4 Å². The number of thioether (sulfide) groups is 1. The van der Waals surface area contributed by atoms with Crippen LogP contribution < -0.4 is 0 Å². The van der Waals surface area contributed by atoms with Crippen LogP contribution in [0.25, 0.3) is 10.6 Å². The number of benzene rings is 3. The summed E-state index contributed by atoms with van der Waals surface area (Å²) in [5.74, 6) is -0.243. The van der Waals surface area contributed by atoms with Crippen molar-refractivity contribution in [3.8, 4) is 0 Å². The first-order valence-corrected chi connectivity index (χ1v) is 13.3. The molecule has 37 heavy (non-hydrogen) atoms. The smallest absolute Gasteiger partial charge is 0.123 e. The molecule has 1 unspecified atom stereocenters. The molecule has 0 saturated carbocycles. The molecule has 0 N–H and O–H groups in total. The highest BCUT2D eigenvalue weighted by Crippen LogP contribution is 2.44. The standard InChI is InChI=1S/C26H26FNS.C4H8.C2H6.C2H4/c1-18-10-6-8-12-24(18)20(3)28(5)26(25-13-9-7-11-19(25)2)29-21(4)22-14-16-23(27)17-15-22;1-4(2)3;2*1-2/h6-17,26H,3-4H2,1-2,5H3;1H2,2-3H3;1-2H3;1-2H2. The lowest BCUT2D eigenvalue weighted by Crippen LogP contribution is -2.21. The minimum absolute atomic E-state index is 0.0131. The average molecular weight is 518 g/mol. The molecule has 1 atom stereocenters. The largest absolute Gasteiger partial charge is 0.358 e. The Kier molecular flexibility index (Phi) is 16.4. The summed E-state index contributed by atoms with van der Waals surface area (Å²) in [5, 5.41) is -0.0131. The Morgan fingerprint density at radius 1 is 0.784 bits per heavy atom. The zero-order valence-electron chi connectivity index (χ0n) is 23.8. The van der Waals surface area contributed by atoms with E-state index in [-0.39, 0.29) is 11.2 Å². The molecule has 3 aromatic carbocycles. The van der Waals surface area contributed by atoms with E-state index in [2.05, 4.69) is 89.0 Å². The van der Waals surface area contributed by atoms with Crippen LogP contribution in [0.2, 0.25) is 0 Å². The maximum absolute atomic E-state index is 13.3. The third kappa shape index (κ3) is 11.1. The van der Waals surface area contributed by atoms with E-state index in [9.17, 15) is 4.39 Å². The van der Waals surface area contributed by atoms with Crippen LogP contribution in [0.4, 0.5) is 4.39 Å². The van der Waals surface area contributed by atoms with Gasteiger partial charge in [0.25, 0.3) is 0 Å². The van der Waals surface area contributed by atoms with E-state index < -0.39 is 0 Å². The van der Waals surface area contributed by atoms with E-state index >= 15 is 0 Å². The topological polar surface area (TPSA) is 3.24 Å². The number of halogens is 1. The molecule has 0 saturated heterocycles. The Balaban J connectivity index is 0.00000145. The molecule has 0 bridgehead atoms. The van der Waals surface area contributed by atoms with Crippen molar-refractivity contribution in [2.45, 2.75) is 46.9 Å². The quantitative estimate of drug-likeness (QED) is 0.226. The fourth-order valence-corrected chi connectivity index (χ4v) is 4.50. The molecular formula is C34H44FNS. The van der Waals surface area contributed by atoms with Gasteiger partial charge in [0, 0.05) is 23.2 Å². The first-order chi connectivity index (χ1) is 17.6. The van der Waals surface area contributed by atoms with Crippen molar-refractivity contribution in [1.82, 2.24) is 4.90 Å². The molecule has 0 aliphatic rings. The molecule has 3 rings (SSSR count). The summed E-state index contributed by atoms with van der Waals surface area (Å²) >= 11 is 1.66. The van der Waals surface area contributed by atoms with Crippen LogP contribution in [0.1, 0.15) is 60.9 Å². The van der Waals surface area contributed by atoms with Gasteiger partial charge in [-0.25, -0.2) is 4.39 Å². The van der Waals surface area contributed by atoms with Crippen molar-refractivity contribution in [2.75, 3.05) is 7.05 Å². The summed E-state index contributed by atoms with van der Waals surface area (Å²) in [6.45, 7) is 30.4.